The minimum absolute atomic E-state index is 0.584. The summed E-state index contributed by atoms with van der Waals surface area (Å²) in [6, 6.07) is 36.1. The highest BCUT2D eigenvalue weighted by Crippen LogP contribution is 2.43. The number of ether oxygens (including phenoxy) is 1. The highest BCUT2D eigenvalue weighted by molar-refractivity contribution is 6.25. The lowest BCUT2D eigenvalue weighted by Crippen LogP contribution is -2.12. The van der Waals surface area contributed by atoms with Crippen LogP contribution in [0.4, 0.5) is 17.1 Å². The minimum atomic E-state index is -1.04. The van der Waals surface area contributed by atoms with Crippen LogP contribution in [0.15, 0.2) is 116 Å². The third kappa shape index (κ3) is 3.67. The van der Waals surface area contributed by atoms with Gasteiger partial charge in [-0.2, -0.15) is 0 Å². The van der Waals surface area contributed by atoms with Crippen molar-refractivity contribution in [2.45, 2.75) is 13.2 Å². The molecule has 0 fully saturated rings. The Bertz CT molecular complexity index is 1640. The second-order valence-electron chi connectivity index (χ2n) is 8.85. The molecule has 0 spiro atoms. The quantitative estimate of drug-likeness (QED) is 0.156. The van der Waals surface area contributed by atoms with E-state index in [1.165, 1.54) is 44.0 Å². The van der Waals surface area contributed by atoms with Crippen LogP contribution in [0.25, 0.3) is 32.3 Å². The van der Waals surface area contributed by atoms with Crippen LogP contribution in [-0.2, 0) is 0 Å². The van der Waals surface area contributed by atoms with Gasteiger partial charge < -0.3 is 14.7 Å². The zero-order chi connectivity index (χ0) is 23.9. The molecule has 0 saturated heterocycles. The highest BCUT2D eigenvalue weighted by atomic mass is 16.6. The van der Waals surface area contributed by atoms with Crippen LogP contribution in [-0.4, -0.2) is 11.4 Å². The summed E-state index contributed by atoms with van der Waals surface area (Å²) in [6.45, 7) is 5.67. The zero-order valence-corrected chi connectivity index (χ0v) is 19.5. The molecule has 0 aliphatic carbocycles. The van der Waals surface area contributed by atoms with Gasteiger partial charge in [-0.1, -0.05) is 72.8 Å². The maximum Gasteiger partial charge on any atom is 0.216 e. The average molecular weight is 456 g/mol. The van der Waals surface area contributed by atoms with Crippen LogP contribution >= 0.6 is 0 Å². The van der Waals surface area contributed by atoms with Crippen molar-refractivity contribution in [1.29, 1.82) is 0 Å². The van der Waals surface area contributed by atoms with E-state index in [0.717, 1.165) is 17.1 Å². The summed E-state index contributed by atoms with van der Waals surface area (Å²) in [5.41, 5.74) is 4.40. The monoisotopic (exact) mass is 455 g/mol. The fraction of sp³-hybridized carbons (Fsp3) is 0.0625. The van der Waals surface area contributed by atoms with Gasteiger partial charge in [0, 0.05) is 16.8 Å². The second-order valence-corrected chi connectivity index (χ2v) is 8.85. The Morgan fingerprint density at radius 2 is 1.29 bits per heavy atom. The van der Waals surface area contributed by atoms with Gasteiger partial charge in [0.2, 0.25) is 6.29 Å². The molecule has 0 amide bonds. The van der Waals surface area contributed by atoms with Crippen LogP contribution in [0.2, 0.25) is 0 Å². The molecule has 6 aromatic carbocycles. The molecule has 1 N–H and O–H groups in total. The Morgan fingerprint density at radius 1 is 0.714 bits per heavy atom. The number of aliphatic hydroxyl groups is 1. The predicted molar refractivity (Wildman–Crippen MR) is 146 cm³/mol. The predicted octanol–water partition coefficient (Wildman–Crippen LogP) is 8.25. The van der Waals surface area contributed by atoms with E-state index < -0.39 is 6.29 Å². The standard InChI is InChI=1S/C32H25NO2/c1-3-30(34)35-27-17-15-26(16-18-27)33(25-13-7-21(2)8-14-25)29-20-12-24-10-9-22-5-4-6-23-11-19-28(29)32(24)31(22)23/h3-20,30,34H,1H2,2H3. The first-order valence-corrected chi connectivity index (χ1v) is 11.7. The van der Waals surface area contributed by atoms with Crippen molar-refractivity contribution < 1.29 is 9.84 Å². The van der Waals surface area contributed by atoms with Crippen LogP contribution in [0.5, 0.6) is 5.75 Å². The number of rotatable bonds is 6. The van der Waals surface area contributed by atoms with Gasteiger partial charge in [0.1, 0.15) is 5.75 Å². The topological polar surface area (TPSA) is 32.7 Å². The van der Waals surface area contributed by atoms with Crippen LogP contribution in [0.3, 0.4) is 0 Å². The number of benzene rings is 6. The van der Waals surface area contributed by atoms with Gasteiger partial charge in [-0.25, -0.2) is 0 Å². The number of hydrogen-bond donors (Lipinski definition) is 1. The molecule has 3 heteroatoms. The maximum absolute atomic E-state index is 9.77. The van der Waals surface area contributed by atoms with Crippen molar-refractivity contribution in [3.63, 3.8) is 0 Å². The molecule has 0 saturated carbocycles. The molecule has 0 heterocycles. The lowest BCUT2D eigenvalue weighted by Gasteiger charge is -2.28. The number of aliphatic hydroxyl groups excluding tert-OH is 1. The molecule has 1 atom stereocenters. The van der Waals surface area contributed by atoms with Gasteiger partial charge in [0.05, 0.1) is 5.69 Å². The Morgan fingerprint density at radius 3 is 1.94 bits per heavy atom. The molecule has 1 unspecified atom stereocenters. The molecule has 170 valence electrons. The molecular weight excluding hydrogens is 430 g/mol. The van der Waals surface area contributed by atoms with Gasteiger partial charge in [0.15, 0.2) is 0 Å². The van der Waals surface area contributed by atoms with Crippen LogP contribution in [0, 0.1) is 6.92 Å². The largest absolute Gasteiger partial charge is 0.461 e. The zero-order valence-electron chi connectivity index (χ0n) is 19.5. The Balaban J connectivity index is 1.58. The van der Waals surface area contributed by atoms with Gasteiger partial charge in [-0.15, -0.1) is 0 Å². The molecule has 0 bridgehead atoms. The summed E-state index contributed by atoms with van der Waals surface area (Å²) < 4.78 is 5.49. The van der Waals surface area contributed by atoms with E-state index in [1.54, 1.807) is 0 Å². The molecule has 0 aromatic heterocycles. The van der Waals surface area contributed by atoms with Crippen molar-refractivity contribution in [3.8, 4) is 5.75 Å². The molecule has 0 radical (unpaired) electrons. The van der Waals surface area contributed by atoms with E-state index in [9.17, 15) is 5.11 Å². The van der Waals surface area contributed by atoms with Gasteiger partial charge in [-0.05, 0) is 82.4 Å². The number of aryl methyl sites for hydroxylation is 1. The van der Waals surface area contributed by atoms with E-state index in [4.69, 9.17) is 4.74 Å². The van der Waals surface area contributed by atoms with Crippen LogP contribution < -0.4 is 9.64 Å². The summed E-state index contributed by atoms with van der Waals surface area (Å²) in [7, 11) is 0. The summed E-state index contributed by atoms with van der Waals surface area (Å²) >= 11 is 0. The van der Waals surface area contributed by atoms with Crippen molar-refractivity contribution in [3.05, 3.63) is 121 Å². The van der Waals surface area contributed by atoms with Crippen LogP contribution in [0.1, 0.15) is 5.56 Å². The first kappa shape index (κ1) is 21.2. The Kier molecular flexibility index (Phi) is 5.13. The normalized spacial score (nSPS) is 12.3. The first-order valence-electron chi connectivity index (χ1n) is 11.7. The summed E-state index contributed by atoms with van der Waals surface area (Å²) in [5.74, 6) is 0.584. The number of hydrogen-bond acceptors (Lipinski definition) is 3. The molecule has 0 aliphatic rings. The molecule has 6 rings (SSSR count). The molecule has 35 heavy (non-hydrogen) atoms. The lowest BCUT2D eigenvalue weighted by molar-refractivity contribution is 0.0251. The molecule has 6 aromatic rings. The molecule has 3 nitrogen and oxygen atoms in total. The fourth-order valence-electron chi connectivity index (χ4n) is 4.90. The lowest BCUT2D eigenvalue weighted by atomic mass is 9.93. The van der Waals surface area contributed by atoms with E-state index in [-0.39, 0.29) is 0 Å². The summed E-state index contributed by atoms with van der Waals surface area (Å²) in [5, 5.41) is 17.3. The van der Waals surface area contributed by atoms with E-state index in [0.29, 0.717) is 5.75 Å². The maximum atomic E-state index is 9.77. The summed E-state index contributed by atoms with van der Waals surface area (Å²) in [6.07, 6.45) is 0.323. The molecular formula is C32H25NO2. The number of anilines is 3. The third-order valence-corrected chi connectivity index (χ3v) is 6.59. The highest BCUT2D eigenvalue weighted by Gasteiger charge is 2.18. The average Bonchev–Trinajstić information content (AvgIpc) is 2.90. The SMILES string of the molecule is C=CC(O)Oc1ccc(N(c2ccc(C)cc2)c2ccc3ccc4cccc5ccc2c3c45)cc1. The van der Waals surface area contributed by atoms with Gasteiger partial charge in [-0.3, -0.25) is 0 Å². The van der Waals surface area contributed by atoms with Crippen molar-refractivity contribution >= 4 is 49.4 Å². The first-order chi connectivity index (χ1) is 17.1. The van der Waals surface area contributed by atoms with E-state index in [2.05, 4.69) is 97.3 Å². The molecule has 0 aliphatic heterocycles. The van der Waals surface area contributed by atoms with Crippen molar-refractivity contribution in [2.24, 2.45) is 0 Å². The van der Waals surface area contributed by atoms with Crippen molar-refractivity contribution in [1.82, 2.24) is 0 Å². The summed E-state index contributed by atoms with van der Waals surface area (Å²) in [4.78, 5) is 2.28. The second kappa shape index (κ2) is 8.46. The fourth-order valence-corrected chi connectivity index (χ4v) is 4.90. The van der Waals surface area contributed by atoms with Gasteiger partial charge in [0.25, 0.3) is 0 Å². The minimum Gasteiger partial charge on any atom is -0.461 e. The smallest absolute Gasteiger partial charge is 0.216 e. The number of nitrogens with zero attached hydrogens (tertiary/aromatic N) is 1. The Hall–Kier alpha value is -4.34. The Labute approximate surface area is 204 Å². The van der Waals surface area contributed by atoms with Crippen molar-refractivity contribution in [2.75, 3.05) is 4.90 Å². The van der Waals surface area contributed by atoms with E-state index in [1.807, 2.05) is 24.3 Å². The third-order valence-electron chi connectivity index (χ3n) is 6.59. The van der Waals surface area contributed by atoms with E-state index >= 15 is 0 Å². The van der Waals surface area contributed by atoms with Gasteiger partial charge >= 0.3 is 0 Å².